The van der Waals surface area contributed by atoms with Crippen LogP contribution in [0.4, 0.5) is 15.6 Å². The predicted molar refractivity (Wildman–Crippen MR) is 106 cm³/mol. The van der Waals surface area contributed by atoms with Crippen LogP contribution in [0.1, 0.15) is 39.2 Å². The Bertz CT molecular complexity index is 746. The zero-order valence-electron chi connectivity index (χ0n) is 15.2. The molecule has 0 fully saturated rings. The first-order valence-electron chi connectivity index (χ1n) is 8.34. The molecule has 26 heavy (non-hydrogen) atoms. The molecule has 3 N–H and O–H groups in total. The average Bonchev–Trinajstić information content (AvgIpc) is 3.02. The molecule has 9 heteroatoms. The maximum absolute atomic E-state index is 12.0. The van der Waals surface area contributed by atoms with Gasteiger partial charge in [-0.05, 0) is 37.5 Å². The third-order valence-electron chi connectivity index (χ3n) is 3.46. The minimum Gasteiger partial charge on any atom is -0.338 e. The van der Waals surface area contributed by atoms with E-state index in [0.29, 0.717) is 21.9 Å². The van der Waals surface area contributed by atoms with Crippen molar-refractivity contribution in [2.45, 2.75) is 43.2 Å². The van der Waals surface area contributed by atoms with E-state index in [2.05, 4.69) is 52.1 Å². The SMILES string of the molecule is CCNC(=O)NC(=O)[C@@H](C)Sc1nnc(Nc2ccc(C(C)C)cc2)s1. The Hall–Kier alpha value is -2.13. The van der Waals surface area contributed by atoms with Gasteiger partial charge in [0.25, 0.3) is 0 Å². The number of urea groups is 1. The van der Waals surface area contributed by atoms with Gasteiger partial charge in [0.15, 0.2) is 4.34 Å². The number of carbonyl (C=O) groups is 2. The van der Waals surface area contributed by atoms with Crippen LogP contribution < -0.4 is 16.0 Å². The van der Waals surface area contributed by atoms with Gasteiger partial charge in [0.2, 0.25) is 11.0 Å². The molecule has 2 aromatic rings. The monoisotopic (exact) mass is 393 g/mol. The van der Waals surface area contributed by atoms with E-state index in [1.807, 2.05) is 12.1 Å². The normalized spacial score (nSPS) is 11.9. The number of benzene rings is 1. The lowest BCUT2D eigenvalue weighted by atomic mass is 10.0. The van der Waals surface area contributed by atoms with Crippen LogP contribution in [0.5, 0.6) is 0 Å². The topological polar surface area (TPSA) is 96.0 Å². The quantitative estimate of drug-likeness (QED) is 0.620. The van der Waals surface area contributed by atoms with Crippen molar-refractivity contribution in [2.24, 2.45) is 0 Å². The number of rotatable bonds is 7. The van der Waals surface area contributed by atoms with Crippen molar-refractivity contribution in [1.29, 1.82) is 0 Å². The van der Waals surface area contributed by atoms with Crippen molar-refractivity contribution in [1.82, 2.24) is 20.8 Å². The summed E-state index contributed by atoms with van der Waals surface area (Å²) >= 11 is 2.62. The Labute approximate surface area is 161 Å². The van der Waals surface area contributed by atoms with Gasteiger partial charge in [-0.3, -0.25) is 10.1 Å². The molecule has 0 unspecified atom stereocenters. The van der Waals surface area contributed by atoms with Crippen molar-refractivity contribution in [3.8, 4) is 0 Å². The third-order valence-corrected chi connectivity index (χ3v) is 5.48. The molecule has 3 amide bonds. The van der Waals surface area contributed by atoms with E-state index in [-0.39, 0.29) is 5.91 Å². The van der Waals surface area contributed by atoms with Crippen LogP contribution in [0.15, 0.2) is 28.6 Å². The van der Waals surface area contributed by atoms with Crippen LogP contribution in [-0.4, -0.2) is 33.9 Å². The number of nitrogens with zero attached hydrogens (tertiary/aromatic N) is 2. The predicted octanol–water partition coefficient (Wildman–Crippen LogP) is 3.73. The van der Waals surface area contributed by atoms with Crippen LogP contribution >= 0.6 is 23.1 Å². The second-order valence-electron chi connectivity index (χ2n) is 5.88. The Kier molecular flexibility index (Phi) is 7.40. The summed E-state index contributed by atoms with van der Waals surface area (Å²) in [4.78, 5) is 23.4. The Balaban J connectivity index is 1.90. The van der Waals surface area contributed by atoms with Crippen molar-refractivity contribution in [3.05, 3.63) is 29.8 Å². The van der Waals surface area contributed by atoms with Gasteiger partial charge in [-0.2, -0.15) is 0 Å². The molecule has 1 aromatic carbocycles. The first-order valence-corrected chi connectivity index (χ1v) is 10.0. The Morgan fingerprint density at radius 3 is 2.46 bits per heavy atom. The molecule has 7 nitrogen and oxygen atoms in total. The molecule has 0 saturated heterocycles. The molecule has 1 heterocycles. The molecular weight excluding hydrogens is 370 g/mol. The van der Waals surface area contributed by atoms with E-state index in [1.54, 1.807) is 13.8 Å². The number of hydrogen-bond acceptors (Lipinski definition) is 7. The van der Waals surface area contributed by atoms with E-state index in [0.717, 1.165) is 5.69 Å². The molecule has 2 rings (SSSR count). The number of nitrogens with one attached hydrogen (secondary N) is 3. The van der Waals surface area contributed by atoms with Crippen molar-refractivity contribution in [2.75, 3.05) is 11.9 Å². The highest BCUT2D eigenvalue weighted by Gasteiger charge is 2.19. The Morgan fingerprint density at radius 2 is 1.85 bits per heavy atom. The average molecular weight is 394 g/mol. The summed E-state index contributed by atoms with van der Waals surface area (Å²) in [6.45, 7) is 8.27. The van der Waals surface area contributed by atoms with E-state index in [9.17, 15) is 9.59 Å². The summed E-state index contributed by atoms with van der Waals surface area (Å²) in [7, 11) is 0. The molecule has 140 valence electrons. The van der Waals surface area contributed by atoms with Crippen LogP contribution in [-0.2, 0) is 4.79 Å². The van der Waals surface area contributed by atoms with Gasteiger partial charge in [0, 0.05) is 12.2 Å². The maximum atomic E-state index is 12.0. The van der Waals surface area contributed by atoms with Crippen LogP contribution in [0.2, 0.25) is 0 Å². The highest BCUT2D eigenvalue weighted by Crippen LogP contribution is 2.30. The van der Waals surface area contributed by atoms with Crippen LogP contribution in [0.25, 0.3) is 0 Å². The molecule has 0 saturated carbocycles. The van der Waals surface area contributed by atoms with Gasteiger partial charge in [0.1, 0.15) is 0 Å². The first-order chi connectivity index (χ1) is 12.4. The molecular formula is C17H23N5O2S2. The fraction of sp³-hybridized carbons (Fsp3) is 0.412. The largest absolute Gasteiger partial charge is 0.338 e. The highest BCUT2D eigenvalue weighted by atomic mass is 32.2. The number of hydrogen-bond donors (Lipinski definition) is 3. The second-order valence-corrected chi connectivity index (χ2v) is 8.45. The summed E-state index contributed by atoms with van der Waals surface area (Å²) in [6.07, 6.45) is 0. The number of carbonyl (C=O) groups excluding carboxylic acids is 2. The minimum atomic E-state index is -0.491. The number of imide groups is 1. The minimum absolute atomic E-state index is 0.366. The molecule has 0 bridgehead atoms. The van der Waals surface area contributed by atoms with E-state index >= 15 is 0 Å². The van der Waals surface area contributed by atoms with Crippen molar-refractivity contribution >= 4 is 45.9 Å². The smallest absolute Gasteiger partial charge is 0.321 e. The van der Waals surface area contributed by atoms with Gasteiger partial charge in [0.05, 0.1) is 5.25 Å². The van der Waals surface area contributed by atoms with Gasteiger partial charge in [-0.1, -0.05) is 49.1 Å². The van der Waals surface area contributed by atoms with E-state index < -0.39 is 11.3 Å². The number of aromatic nitrogens is 2. The standard InChI is InChI=1S/C17H23N5O2S2/c1-5-18-15(24)20-14(23)11(4)25-17-22-21-16(26-17)19-13-8-6-12(7-9-13)10(2)3/h6-11H,5H2,1-4H3,(H,19,21)(H2,18,20,23,24)/t11-/m1/s1. The van der Waals surface area contributed by atoms with E-state index in [4.69, 9.17) is 0 Å². The molecule has 0 spiro atoms. The first kappa shape index (κ1) is 20.2. The number of anilines is 2. The lowest BCUT2D eigenvalue weighted by Gasteiger charge is -2.09. The number of thioether (sulfide) groups is 1. The van der Waals surface area contributed by atoms with Gasteiger partial charge < -0.3 is 10.6 Å². The summed E-state index contributed by atoms with van der Waals surface area (Å²) in [5, 5.41) is 16.4. The molecule has 1 atom stereocenters. The lowest BCUT2D eigenvalue weighted by molar-refractivity contribution is -0.119. The van der Waals surface area contributed by atoms with Gasteiger partial charge >= 0.3 is 6.03 Å². The lowest BCUT2D eigenvalue weighted by Crippen LogP contribution is -2.42. The summed E-state index contributed by atoms with van der Waals surface area (Å²) in [5.74, 6) is 0.121. The molecule has 1 aromatic heterocycles. The molecule has 0 aliphatic carbocycles. The number of amides is 3. The zero-order valence-corrected chi connectivity index (χ0v) is 16.8. The summed E-state index contributed by atoms with van der Waals surface area (Å²) in [5.41, 5.74) is 2.21. The van der Waals surface area contributed by atoms with Gasteiger partial charge in [-0.15, -0.1) is 10.2 Å². The fourth-order valence-corrected chi connectivity index (χ4v) is 3.92. The van der Waals surface area contributed by atoms with Crippen molar-refractivity contribution < 1.29 is 9.59 Å². The Morgan fingerprint density at radius 1 is 1.15 bits per heavy atom. The fourth-order valence-electron chi connectivity index (χ4n) is 2.01. The van der Waals surface area contributed by atoms with Gasteiger partial charge in [-0.25, -0.2) is 4.79 Å². The summed E-state index contributed by atoms with van der Waals surface area (Å²) < 4.78 is 0.657. The van der Waals surface area contributed by atoms with Crippen molar-refractivity contribution in [3.63, 3.8) is 0 Å². The van der Waals surface area contributed by atoms with Crippen LogP contribution in [0.3, 0.4) is 0 Å². The third kappa shape index (κ3) is 5.99. The molecule has 0 radical (unpaired) electrons. The van der Waals surface area contributed by atoms with Crippen LogP contribution in [0, 0.1) is 0 Å². The second kappa shape index (κ2) is 9.54. The zero-order chi connectivity index (χ0) is 19.1. The summed E-state index contributed by atoms with van der Waals surface area (Å²) in [6, 6.07) is 7.68. The van der Waals surface area contributed by atoms with E-state index in [1.165, 1.54) is 28.7 Å². The molecule has 0 aliphatic heterocycles. The highest BCUT2D eigenvalue weighted by molar-refractivity contribution is 8.02. The molecule has 0 aliphatic rings. The maximum Gasteiger partial charge on any atom is 0.321 e.